The predicted octanol–water partition coefficient (Wildman–Crippen LogP) is 4.20. The van der Waals surface area contributed by atoms with Gasteiger partial charge in [0.05, 0.1) is 14.9 Å². The lowest BCUT2D eigenvalue weighted by molar-refractivity contribution is -0.114. The van der Waals surface area contributed by atoms with Gasteiger partial charge in [0, 0.05) is 11.6 Å². The number of phenols is 2. The van der Waals surface area contributed by atoms with Crippen LogP contribution < -0.4 is 5.01 Å². The minimum atomic E-state index is -2.36. The molecular formula is C17H8F5IN2O3. The van der Waals surface area contributed by atoms with Crippen molar-refractivity contribution >= 4 is 46.0 Å². The normalized spacial score (nSPS) is 15.5. The van der Waals surface area contributed by atoms with E-state index >= 15 is 0 Å². The first kappa shape index (κ1) is 20.0. The Balaban J connectivity index is 2.12. The smallest absolute Gasteiger partial charge is 0.280 e. The van der Waals surface area contributed by atoms with E-state index in [0.29, 0.717) is 3.57 Å². The molecule has 146 valence electrons. The highest BCUT2D eigenvalue weighted by atomic mass is 127. The van der Waals surface area contributed by atoms with Gasteiger partial charge >= 0.3 is 0 Å². The minimum absolute atomic E-state index is 0.0689. The van der Waals surface area contributed by atoms with Crippen LogP contribution in [0, 0.1) is 32.7 Å². The summed E-state index contributed by atoms with van der Waals surface area (Å²) in [5.74, 6) is -13.0. The van der Waals surface area contributed by atoms with E-state index in [0.717, 1.165) is 12.1 Å². The van der Waals surface area contributed by atoms with Gasteiger partial charge in [0.1, 0.15) is 17.2 Å². The van der Waals surface area contributed by atoms with Crippen LogP contribution in [0.15, 0.2) is 22.8 Å². The number of amides is 1. The number of carbonyl (C=O) groups excluding carboxylic acids is 1. The summed E-state index contributed by atoms with van der Waals surface area (Å²) in [7, 11) is 0. The molecule has 2 N–H and O–H groups in total. The van der Waals surface area contributed by atoms with Crippen LogP contribution in [0.25, 0.3) is 6.08 Å². The zero-order valence-electron chi connectivity index (χ0n) is 13.7. The molecule has 0 spiro atoms. The summed E-state index contributed by atoms with van der Waals surface area (Å²) >= 11 is 1.76. The van der Waals surface area contributed by atoms with E-state index in [-0.39, 0.29) is 27.6 Å². The van der Waals surface area contributed by atoms with Crippen molar-refractivity contribution in [2.45, 2.75) is 6.92 Å². The second-order valence-electron chi connectivity index (χ2n) is 5.64. The van der Waals surface area contributed by atoms with Crippen LogP contribution >= 0.6 is 22.6 Å². The second kappa shape index (κ2) is 7.04. The van der Waals surface area contributed by atoms with Gasteiger partial charge in [0.2, 0.25) is 5.82 Å². The van der Waals surface area contributed by atoms with E-state index < -0.39 is 46.4 Å². The lowest BCUT2D eigenvalue weighted by Crippen LogP contribution is -2.25. The van der Waals surface area contributed by atoms with E-state index in [1.807, 2.05) is 0 Å². The molecule has 0 radical (unpaired) electrons. The maximum atomic E-state index is 14.0. The molecule has 0 aliphatic carbocycles. The molecule has 0 fully saturated rings. The van der Waals surface area contributed by atoms with E-state index in [4.69, 9.17) is 0 Å². The highest BCUT2D eigenvalue weighted by molar-refractivity contribution is 14.1. The first-order valence-electron chi connectivity index (χ1n) is 7.39. The third-order valence-corrected chi connectivity index (χ3v) is 4.72. The Morgan fingerprint density at radius 2 is 1.50 bits per heavy atom. The summed E-state index contributed by atoms with van der Waals surface area (Å²) in [5, 5.41) is 23.1. The van der Waals surface area contributed by atoms with E-state index in [1.54, 1.807) is 22.6 Å². The quantitative estimate of drug-likeness (QED) is 0.209. The van der Waals surface area contributed by atoms with E-state index in [9.17, 15) is 37.0 Å². The van der Waals surface area contributed by atoms with Crippen LogP contribution in [0.5, 0.6) is 11.5 Å². The van der Waals surface area contributed by atoms with Crippen molar-refractivity contribution in [1.82, 2.24) is 0 Å². The number of phenolic OH excluding ortho intramolecular Hbond substituents is 2. The summed E-state index contributed by atoms with van der Waals surface area (Å²) in [6, 6.07) is 2.34. The number of benzene rings is 2. The second-order valence-corrected chi connectivity index (χ2v) is 6.80. The molecule has 5 nitrogen and oxygen atoms in total. The summed E-state index contributed by atoms with van der Waals surface area (Å²) in [6.07, 6.45) is 1.12. The first-order valence-corrected chi connectivity index (χ1v) is 8.47. The molecule has 0 aromatic heterocycles. The van der Waals surface area contributed by atoms with Crippen LogP contribution in [0.3, 0.4) is 0 Å². The van der Waals surface area contributed by atoms with Crippen LogP contribution in [0.1, 0.15) is 12.5 Å². The monoisotopic (exact) mass is 510 g/mol. The van der Waals surface area contributed by atoms with Crippen LogP contribution in [0.2, 0.25) is 0 Å². The summed E-state index contributed by atoms with van der Waals surface area (Å²) in [6.45, 7) is 1.28. The molecule has 1 heterocycles. The molecule has 1 aliphatic rings. The highest BCUT2D eigenvalue weighted by Gasteiger charge is 2.37. The maximum Gasteiger partial charge on any atom is 0.280 e. The average molecular weight is 510 g/mol. The molecule has 0 saturated heterocycles. The number of rotatable bonds is 2. The van der Waals surface area contributed by atoms with Gasteiger partial charge in [-0.15, -0.1) is 0 Å². The molecule has 1 aliphatic heterocycles. The zero-order chi connectivity index (χ0) is 20.9. The van der Waals surface area contributed by atoms with Crippen molar-refractivity contribution in [2.75, 3.05) is 5.01 Å². The summed E-state index contributed by atoms with van der Waals surface area (Å²) in [5.41, 5.74) is -1.77. The number of halogens is 6. The Kier molecular flexibility index (Phi) is 5.04. The number of hydrazone groups is 1. The average Bonchev–Trinajstić information content (AvgIpc) is 2.91. The molecule has 0 unspecified atom stereocenters. The number of hydrogen-bond acceptors (Lipinski definition) is 4. The molecule has 2 aromatic carbocycles. The number of nitrogens with zero attached hydrogens (tertiary/aromatic N) is 2. The van der Waals surface area contributed by atoms with Crippen molar-refractivity contribution in [3.63, 3.8) is 0 Å². The molecule has 0 saturated carbocycles. The Morgan fingerprint density at radius 1 is 0.964 bits per heavy atom. The van der Waals surface area contributed by atoms with E-state index in [2.05, 4.69) is 5.10 Å². The van der Waals surface area contributed by atoms with Gasteiger partial charge in [-0.1, -0.05) is 0 Å². The number of carbonyl (C=O) groups is 1. The van der Waals surface area contributed by atoms with Gasteiger partial charge in [0.15, 0.2) is 23.3 Å². The number of anilines is 1. The highest BCUT2D eigenvalue weighted by Crippen LogP contribution is 2.35. The fourth-order valence-electron chi connectivity index (χ4n) is 2.45. The SMILES string of the molecule is CC1=NN(c2c(F)c(F)c(F)c(F)c2F)C(=O)/C1=C/c1cc(I)c(O)cc1O. The van der Waals surface area contributed by atoms with Crippen molar-refractivity contribution < 1.29 is 37.0 Å². The van der Waals surface area contributed by atoms with Crippen molar-refractivity contribution in [3.05, 3.63) is 55.9 Å². The molecule has 3 rings (SSSR count). The van der Waals surface area contributed by atoms with Crippen LogP contribution in [0.4, 0.5) is 27.6 Å². The van der Waals surface area contributed by atoms with Gasteiger partial charge in [0.25, 0.3) is 5.91 Å². The van der Waals surface area contributed by atoms with E-state index in [1.165, 1.54) is 13.0 Å². The molecule has 11 heteroatoms. The number of hydrogen-bond donors (Lipinski definition) is 2. The fourth-order valence-corrected chi connectivity index (χ4v) is 2.94. The van der Waals surface area contributed by atoms with Crippen molar-refractivity contribution in [3.8, 4) is 11.5 Å². The minimum Gasteiger partial charge on any atom is -0.507 e. The van der Waals surface area contributed by atoms with Gasteiger partial charge < -0.3 is 10.2 Å². The topological polar surface area (TPSA) is 73.1 Å². The predicted molar refractivity (Wildman–Crippen MR) is 97.3 cm³/mol. The molecule has 2 aromatic rings. The van der Waals surface area contributed by atoms with Gasteiger partial charge in [-0.2, -0.15) is 10.1 Å². The van der Waals surface area contributed by atoms with Crippen molar-refractivity contribution in [1.29, 1.82) is 0 Å². The van der Waals surface area contributed by atoms with Crippen LogP contribution in [-0.2, 0) is 4.79 Å². The zero-order valence-corrected chi connectivity index (χ0v) is 15.9. The largest absolute Gasteiger partial charge is 0.507 e. The molecule has 1 amide bonds. The first-order chi connectivity index (χ1) is 13.0. The summed E-state index contributed by atoms with van der Waals surface area (Å²) < 4.78 is 68.4. The Bertz CT molecular complexity index is 1070. The Labute approximate surface area is 167 Å². The molecule has 0 bridgehead atoms. The molecular weight excluding hydrogens is 502 g/mol. The molecule has 0 atom stereocenters. The number of aromatic hydroxyl groups is 2. The third kappa shape index (κ3) is 3.08. The Morgan fingerprint density at radius 3 is 2.07 bits per heavy atom. The molecule has 28 heavy (non-hydrogen) atoms. The maximum absolute atomic E-state index is 14.0. The van der Waals surface area contributed by atoms with Gasteiger partial charge in [-0.3, -0.25) is 4.79 Å². The summed E-state index contributed by atoms with van der Waals surface area (Å²) in [4.78, 5) is 12.5. The van der Waals surface area contributed by atoms with Gasteiger partial charge in [-0.05, 0) is 41.7 Å². The third-order valence-electron chi connectivity index (χ3n) is 3.86. The van der Waals surface area contributed by atoms with Crippen LogP contribution in [-0.4, -0.2) is 21.8 Å². The van der Waals surface area contributed by atoms with Gasteiger partial charge in [-0.25, -0.2) is 22.0 Å². The van der Waals surface area contributed by atoms with Crippen molar-refractivity contribution in [2.24, 2.45) is 5.10 Å². The lowest BCUT2D eigenvalue weighted by Gasteiger charge is -2.15. The fraction of sp³-hybridized carbons (Fsp3) is 0.0588. The standard InChI is InChI=1S/C17H8F5IN2O3/c1-5-7(2-6-3-8(23)10(27)4-9(6)26)17(28)25(24-5)16-14(21)12(19)11(18)13(20)15(16)22/h2-4,26-27H,1H3/b7-2+. The lowest BCUT2D eigenvalue weighted by atomic mass is 10.1. The Hall–Kier alpha value is -2.70.